The number of alkyl carbamates (subject to hydrolysis) is 3. The van der Waals surface area contributed by atoms with Crippen molar-refractivity contribution in [2.75, 3.05) is 36.9 Å². The molecule has 0 spiro atoms. The Bertz CT molecular complexity index is 5010. The van der Waals surface area contributed by atoms with Crippen LogP contribution in [0, 0.1) is 30.3 Å². The number of amides is 15. The zero-order chi connectivity index (χ0) is 104. The molecule has 6 rings (SSSR count). The number of hydrogen-bond acceptors (Lipinski definition) is 33. The van der Waals surface area contributed by atoms with Crippen LogP contribution < -0.4 is 63.8 Å². The van der Waals surface area contributed by atoms with Gasteiger partial charge in [0, 0.05) is 110 Å². The minimum Gasteiger partial charge on any atom is -0.444 e. The highest BCUT2D eigenvalue weighted by atomic mass is 33.1. The van der Waals surface area contributed by atoms with Crippen molar-refractivity contribution in [3.8, 4) is 0 Å². The van der Waals surface area contributed by atoms with Gasteiger partial charge in [0.05, 0.1) is 14.8 Å². The van der Waals surface area contributed by atoms with E-state index in [9.17, 15) is 102 Å². The van der Waals surface area contributed by atoms with E-state index in [1.807, 2.05) is 32.9 Å². The third-order valence-electron chi connectivity index (χ3n) is 19.3. The SMILES string of the molecule is CCC(=O)NC(CCCCNC(=O)C(CSSc1ncccc1[N+](=O)[O-])NC(=O)OC(C)(C)C)C(=O)NC(=O)c1ccc(CC)cc1.CCc1ccc(C(=O)NC(=O)C(CCCCNC(=O)C(CSSc2ncccc2[N+](=O)[O-])NC(=O)OC(C)(C)C)NC(=O)CCCC(=O)NC(CCCCNC(=O)C(CSSc2ncccc2[N+](=O)[O-])NC(=O)OC(C)(C)C)C(=O)NC(=O)c2ccc(CC)cc2)cc1. The van der Waals surface area contributed by atoms with Crippen molar-refractivity contribution in [2.24, 2.45) is 0 Å². The van der Waals surface area contributed by atoms with Gasteiger partial charge in [-0.3, -0.25) is 104 Å². The van der Waals surface area contributed by atoms with Crippen molar-refractivity contribution in [1.82, 2.24) is 78.8 Å². The Morgan fingerprint density at radius 2 is 0.593 bits per heavy atom. The van der Waals surface area contributed by atoms with Gasteiger partial charge in [-0.05, 0) is 249 Å². The Hall–Kier alpha value is -12.5. The summed E-state index contributed by atoms with van der Waals surface area (Å²) in [6, 6.07) is 21.4. The molecule has 12 N–H and O–H groups in total. The second-order valence-electron chi connectivity index (χ2n) is 34.0. The molecular weight excluding hydrogens is 1930 g/mol. The molecular formula is C92H122N18O24S6. The Kier molecular flexibility index (Phi) is 51.5. The number of nitrogens with zero attached hydrogens (tertiary/aromatic N) is 6. The number of benzene rings is 3. The monoisotopic (exact) mass is 2050 g/mol. The smallest absolute Gasteiger partial charge is 0.408 e. The minimum atomic E-state index is -1.27. The van der Waals surface area contributed by atoms with E-state index in [1.54, 1.807) is 130 Å². The van der Waals surface area contributed by atoms with E-state index in [4.69, 9.17) is 14.2 Å². The summed E-state index contributed by atoms with van der Waals surface area (Å²) in [6.45, 7) is 22.7. The van der Waals surface area contributed by atoms with E-state index in [-0.39, 0.29) is 157 Å². The molecule has 760 valence electrons. The van der Waals surface area contributed by atoms with Crippen LogP contribution in [0.5, 0.6) is 0 Å². The van der Waals surface area contributed by atoms with Gasteiger partial charge in [0.1, 0.15) is 53.1 Å². The van der Waals surface area contributed by atoms with Crippen LogP contribution >= 0.6 is 64.8 Å². The fourth-order valence-electron chi connectivity index (χ4n) is 12.1. The molecule has 0 aliphatic heterocycles. The molecule has 6 atom stereocenters. The van der Waals surface area contributed by atoms with Crippen molar-refractivity contribution in [1.29, 1.82) is 0 Å². The highest BCUT2D eigenvalue weighted by molar-refractivity contribution is 8.77. The predicted molar refractivity (Wildman–Crippen MR) is 532 cm³/mol. The van der Waals surface area contributed by atoms with Crippen LogP contribution in [0.3, 0.4) is 0 Å². The number of aromatic nitrogens is 3. The van der Waals surface area contributed by atoms with Gasteiger partial charge >= 0.3 is 35.3 Å². The number of rotatable bonds is 53. The van der Waals surface area contributed by atoms with E-state index < -0.39 is 151 Å². The molecule has 0 saturated heterocycles. The van der Waals surface area contributed by atoms with Gasteiger partial charge in [0.2, 0.25) is 53.2 Å². The average Bonchev–Trinajstić information content (AvgIpc) is 0.878. The number of carbonyl (C=O) groups is 15. The average molecular weight is 2060 g/mol. The van der Waals surface area contributed by atoms with Gasteiger partial charge in [0.25, 0.3) is 17.7 Å². The Morgan fingerprint density at radius 3 is 0.829 bits per heavy atom. The second-order valence-corrected chi connectivity index (χ2v) is 41.0. The van der Waals surface area contributed by atoms with Crippen molar-refractivity contribution in [3.05, 3.63) is 192 Å². The lowest BCUT2D eigenvalue weighted by Crippen LogP contribution is -2.50. The van der Waals surface area contributed by atoms with Gasteiger partial charge in [-0.25, -0.2) is 29.3 Å². The predicted octanol–water partition coefficient (Wildman–Crippen LogP) is 12.3. The van der Waals surface area contributed by atoms with Crippen LogP contribution in [0.4, 0.5) is 31.4 Å². The molecule has 0 fully saturated rings. The number of imide groups is 3. The van der Waals surface area contributed by atoms with E-state index in [0.717, 1.165) is 87.9 Å². The standard InChI is InChI=1S/C61H80N12O16S4.C31H42N6O8S2/c1-9-38-24-28-40(29-25-38)50(76)70-54(80)42(18-11-13-32-62-52(78)44(68-58(82)88-60(3,4)5)36-90-92-56-46(72(84)85)20-16-34-64-56)66-48(74)22-15-23-49(75)67-43(55(81)71-51(77)41-30-26-39(10-2)27-31-41)19-12-14-33-63-53(79)45(69-59(83)89-61(6,7)8)37-91-93-57-47(73(86)87)21-17-35-65-57;1-6-20-13-15-21(16-14-20)26(39)36-28(41)22(34-25(38)7-2)11-8-9-17-32-27(40)23(35-30(42)45-31(3,4)5)19-46-47-29-24(37(43)44)12-10-18-33-29/h16-17,20-21,24-31,34-35,42-45H,9-15,18-19,22-23,32-33,36-37H2,1-8H3,(H,62,78)(H,63,79)(H,66,74)(H,67,75)(H,68,82)(H,69,83)(H,70,76,80)(H,71,77,81);10,12-16,18,22-23H,6-9,11,17,19H2,1-5H3,(H,32,40)(H,34,38)(H,35,42)(H,36,39,41). The topological polar surface area (TPSA) is 596 Å². The first-order chi connectivity index (χ1) is 66.3. The van der Waals surface area contributed by atoms with Crippen LogP contribution in [0.1, 0.15) is 221 Å². The van der Waals surface area contributed by atoms with E-state index in [1.165, 1.54) is 55.0 Å². The van der Waals surface area contributed by atoms with Crippen LogP contribution in [0.25, 0.3) is 0 Å². The van der Waals surface area contributed by atoms with Gasteiger partial charge in [0.15, 0.2) is 15.1 Å². The number of nitrogens with one attached hydrogen (secondary N) is 12. The van der Waals surface area contributed by atoms with Crippen LogP contribution in [-0.4, -0.2) is 209 Å². The van der Waals surface area contributed by atoms with Gasteiger partial charge in [-0.15, -0.1) is 0 Å². The lowest BCUT2D eigenvalue weighted by atomic mass is 10.1. The number of carbonyl (C=O) groups excluding carboxylic acids is 15. The van der Waals surface area contributed by atoms with Crippen LogP contribution in [-0.2, 0) is 76.6 Å². The molecule has 3 aromatic heterocycles. The van der Waals surface area contributed by atoms with Crippen molar-refractivity contribution in [2.45, 2.75) is 261 Å². The largest absolute Gasteiger partial charge is 0.444 e. The molecule has 6 unspecified atom stereocenters. The highest BCUT2D eigenvalue weighted by Gasteiger charge is 2.33. The van der Waals surface area contributed by atoms with E-state index in [0.29, 0.717) is 31.2 Å². The third kappa shape index (κ3) is 46.0. The zero-order valence-corrected chi connectivity index (χ0v) is 85.0. The summed E-state index contributed by atoms with van der Waals surface area (Å²) in [5.74, 6) is -7.76. The molecule has 0 aliphatic rings. The maximum atomic E-state index is 13.8. The second kappa shape index (κ2) is 61.1. The fraction of sp³-hybridized carbons (Fsp3) is 0.478. The van der Waals surface area contributed by atoms with Crippen molar-refractivity contribution >= 4 is 171 Å². The molecule has 3 heterocycles. The maximum absolute atomic E-state index is 13.8. The van der Waals surface area contributed by atoms with Crippen LogP contribution in [0.15, 0.2) is 143 Å². The summed E-state index contributed by atoms with van der Waals surface area (Å²) in [7, 11) is 6.08. The highest BCUT2D eigenvalue weighted by Crippen LogP contribution is 2.38. The number of ether oxygens (including phenoxy) is 3. The summed E-state index contributed by atoms with van der Waals surface area (Å²) in [5, 5.41) is 65.5. The summed E-state index contributed by atoms with van der Waals surface area (Å²) in [5.41, 5.74) is 0.407. The number of hydrogen-bond donors (Lipinski definition) is 12. The number of unbranched alkanes of at least 4 members (excludes halogenated alkanes) is 3. The first kappa shape index (κ1) is 118. The fourth-order valence-corrected chi connectivity index (χ4v) is 18.7. The summed E-state index contributed by atoms with van der Waals surface area (Å²) in [4.78, 5) is 242. The van der Waals surface area contributed by atoms with Crippen molar-refractivity contribution < 1.29 is 101 Å². The van der Waals surface area contributed by atoms with E-state index >= 15 is 0 Å². The van der Waals surface area contributed by atoms with Crippen molar-refractivity contribution in [3.63, 3.8) is 0 Å². The normalized spacial score (nSPS) is 12.4. The lowest BCUT2D eigenvalue weighted by molar-refractivity contribution is -0.388. The minimum absolute atomic E-state index is 0.0181. The summed E-state index contributed by atoms with van der Waals surface area (Å²) in [6.07, 6.45) is 5.29. The lowest BCUT2D eigenvalue weighted by Gasteiger charge is -2.23. The van der Waals surface area contributed by atoms with Gasteiger partial charge in [-0.1, -0.05) is 96.5 Å². The molecule has 48 heteroatoms. The first-order valence-electron chi connectivity index (χ1n) is 45.0. The quantitative estimate of drug-likeness (QED) is 0.00555. The molecule has 42 nitrogen and oxygen atoms in total. The third-order valence-corrected chi connectivity index (χ3v) is 26.2. The van der Waals surface area contributed by atoms with E-state index in [2.05, 4.69) is 78.8 Å². The van der Waals surface area contributed by atoms with Gasteiger partial charge in [-0.2, -0.15) is 0 Å². The first-order valence-corrected chi connectivity index (χ1v) is 51.9. The molecule has 0 bridgehead atoms. The number of nitro groups is 3. The Labute approximate surface area is 834 Å². The zero-order valence-electron chi connectivity index (χ0n) is 80.1. The maximum Gasteiger partial charge on any atom is 0.408 e. The molecule has 6 aromatic rings. The molecule has 0 radical (unpaired) electrons. The molecule has 0 aliphatic carbocycles. The number of aryl methyl sites for hydroxylation is 3. The van der Waals surface area contributed by atoms with Gasteiger partial charge < -0.3 is 62.1 Å². The number of pyridine rings is 3. The Balaban J connectivity index is 0.000000614. The summed E-state index contributed by atoms with van der Waals surface area (Å²) < 4.78 is 16.0. The molecule has 3 aromatic carbocycles. The summed E-state index contributed by atoms with van der Waals surface area (Å²) >= 11 is 0. The molecule has 0 saturated carbocycles. The van der Waals surface area contributed by atoms with Crippen LogP contribution in [0.2, 0.25) is 0 Å². The molecule has 15 amide bonds. The Morgan fingerprint density at radius 1 is 0.336 bits per heavy atom. The molecule has 140 heavy (non-hydrogen) atoms.